The standard InChI is InChI=1S/C16H23N7O2/c1-12(22-6-4-21(2)5-7-22)16(24)18-13-8-14(10-15(9-13)25-3)23-11-17-19-20-23/h8-12H,4-7H2,1-3H3,(H,18,24). The number of piperazine rings is 1. The van der Waals surface area contributed by atoms with Gasteiger partial charge < -0.3 is 15.0 Å². The molecule has 1 N–H and O–H groups in total. The number of likely N-dealkylation sites (N-methyl/N-ethyl adjacent to an activating group) is 1. The molecule has 0 bridgehead atoms. The highest BCUT2D eigenvalue weighted by Crippen LogP contribution is 2.23. The highest BCUT2D eigenvalue weighted by molar-refractivity contribution is 5.95. The van der Waals surface area contributed by atoms with E-state index in [0.29, 0.717) is 17.1 Å². The second kappa shape index (κ2) is 7.58. The van der Waals surface area contributed by atoms with Gasteiger partial charge in [0, 0.05) is 44.0 Å². The molecule has 1 aromatic heterocycles. The molecule has 9 heteroatoms. The van der Waals surface area contributed by atoms with E-state index in [0.717, 1.165) is 26.2 Å². The maximum absolute atomic E-state index is 12.6. The molecule has 0 spiro atoms. The van der Waals surface area contributed by atoms with E-state index >= 15 is 0 Å². The quantitative estimate of drug-likeness (QED) is 0.831. The Hall–Kier alpha value is -2.52. The minimum Gasteiger partial charge on any atom is -0.497 e. The topological polar surface area (TPSA) is 88.4 Å². The first-order valence-corrected chi connectivity index (χ1v) is 8.22. The Kier molecular flexibility index (Phi) is 5.25. The fraction of sp³-hybridized carbons (Fsp3) is 0.500. The second-order valence-corrected chi connectivity index (χ2v) is 6.18. The number of hydrogen-bond donors (Lipinski definition) is 1. The van der Waals surface area contributed by atoms with Crippen LogP contribution in [0.2, 0.25) is 0 Å². The molecule has 9 nitrogen and oxygen atoms in total. The molecule has 1 fully saturated rings. The van der Waals surface area contributed by atoms with E-state index in [1.807, 2.05) is 13.0 Å². The monoisotopic (exact) mass is 345 g/mol. The number of tetrazole rings is 1. The Morgan fingerprint density at radius 1 is 1.24 bits per heavy atom. The van der Waals surface area contributed by atoms with Crippen LogP contribution in [0.5, 0.6) is 5.75 Å². The molecule has 1 aromatic carbocycles. The summed E-state index contributed by atoms with van der Waals surface area (Å²) in [5, 5.41) is 14.1. The van der Waals surface area contributed by atoms with Gasteiger partial charge in [-0.3, -0.25) is 9.69 Å². The van der Waals surface area contributed by atoms with Gasteiger partial charge in [-0.25, -0.2) is 4.68 Å². The van der Waals surface area contributed by atoms with Gasteiger partial charge in [0.1, 0.15) is 12.1 Å². The number of benzene rings is 1. The summed E-state index contributed by atoms with van der Waals surface area (Å²) >= 11 is 0. The zero-order chi connectivity index (χ0) is 17.8. The molecule has 0 saturated carbocycles. The van der Waals surface area contributed by atoms with Gasteiger partial charge >= 0.3 is 0 Å². The third-order valence-electron chi connectivity index (χ3n) is 4.47. The van der Waals surface area contributed by atoms with Crippen LogP contribution in [-0.4, -0.2) is 82.3 Å². The molecule has 1 unspecified atom stereocenters. The van der Waals surface area contributed by atoms with Crippen LogP contribution in [0.25, 0.3) is 5.69 Å². The van der Waals surface area contributed by atoms with Crippen molar-refractivity contribution >= 4 is 11.6 Å². The predicted molar refractivity (Wildman–Crippen MR) is 92.9 cm³/mol. The number of nitrogens with one attached hydrogen (secondary N) is 1. The Morgan fingerprint density at radius 2 is 2.00 bits per heavy atom. The molecule has 25 heavy (non-hydrogen) atoms. The third kappa shape index (κ3) is 4.12. The number of nitrogens with zero attached hydrogens (tertiary/aromatic N) is 6. The molecule has 1 aliphatic rings. The number of carbonyl (C=O) groups excluding carboxylic acids is 1. The van der Waals surface area contributed by atoms with Crippen molar-refractivity contribution in [3.8, 4) is 11.4 Å². The summed E-state index contributed by atoms with van der Waals surface area (Å²) in [5.41, 5.74) is 1.36. The molecule has 0 aliphatic carbocycles. The van der Waals surface area contributed by atoms with E-state index in [4.69, 9.17) is 4.74 Å². The summed E-state index contributed by atoms with van der Waals surface area (Å²) in [6.45, 7) is 5.65. The minimum atomic E-state index is -0.198. The zero-order valence-corrected chi connectivity index (χ0v) is 14.7. The molecule has 1 atom stereocenters. The van der Waals surface area contributed by atoms with E-state index in [-0.39, 0.29) is 11.9 Å². The lowest BCUT2D eigenvalue weighted by atomic mass is 10.2. The maximum atomic E-state index is 12.6. The van der Waals surface area contributed by atoms with Crippen LogP contribution >= 0.6 is 0 Å². The molecule has 2 heterocycles. The molecule has 2 aromatic rings. The first kappa shape index (κ1) is 17.3. The highest BCUT2D eigenvalue weighted by Gasteiger charge is 2.24. The van der Waals surface area contributed by atoms with Crippen LogP contribution in [0.1, 0.15) is 6.92 Å². The van der Waals surface area contributed by atoms with Gasteiger partial charge in [0.25, 0.3) is 0 Å². The minimum absolute atomic E-state index is 0.0412. The first-order valence-electron chi connectivity index (χ1n) is 8.22. The predicted octanol–water partition coefficient (Wildman–Crippen LogP) is 0.245. The van der Waals surface area contributed by atoms with Crippen LogP contribution in [0.3, 0.4) is 0 Å². The van der Waals surface area contributed by atoms with Crippen molar-refractivity contribution in [1.82, 2.24) is 30.0 Å². The fourth-order valence-electron chi connectivity index (χ4n) is 2.81. The van der Waals surface area contributed by atoms with Crippen molar-refractivity contribution < 1.29 is 9.53 Å². The van der Waals surface area contributed by atoms with Gasteiger partial charge in [0.15, 0.2) is 0 Å². The number of anilines is 1. The van der Waals surface area contributed by atoms with Crippen molar-refractivity contribution in [2.75, 3.05) is 45.7 Å². The van der Waals surface area contributed by atoms with E-state index < -0.39 is 0 Å². The number of hydrogen-bond acceptors (Lipinski definition) is 7. The van der Waals surface area contributed by atoms with Crippen molar-refractivity contribution in [3.05, 3.63) is 24.5 Å². The average molecular weight is 345 g/mol. The molecule has 1 saturated heterocycles. The number of rotatable bonds is 5. The summed E-state index contributed by atoms with van der Waals surface area (Å²) in [6, 6.07) is 5.20. The largest absolute Gasteiger partial charge is 0.497 e. The summed E-state index contributed by atoms with van der Waals surface area (Å²) < 4.78 is 6.83. The number of amides is 1. The number of methoxy groups -OCH3 is 1. The molecule has 1 aliphatic heterocycles. The van der Waals surface area contributed by atoms with Gasteiger partial charge in [0.2, 0.25) is 5.91 Å². The van der Waals surface area contributed by atoms with Crippen molar-refractivity contribution in [3.63, 3.8) is 0 Å². The Morgan fingerprint density at radius 3 is 2.64 bits per heavy atom. The second-order valence-electron chi connectivity index (χ2n) is 6.18. The van der Waals surface area contributed by atoms with Gasteiger partial charge in [-0.1, -0.05) is 0 Å². The zero-order valence-electron chi connectivity index (χ0n) is 14.7. The van der Waals surface area contributed by atoms with Crippen LogP contribution in [0.4, 0.5) is 5.69 Å². The lowest BCUT2D eigenvalue weighted by Crippen LogP contribution is -2.51. The molecule has 0 radical (unpaired) electrons. The Balaban J connectivity index is 1.73. The number of ether oxygens (including phenoxy) is 1. The lowest BCUT2D eigenvalue weighted by Gasteiger charge is -2.35. The molecule has 134 valence electrons. The Bertz CT molecular complexity index is 711. The Labute approximate surface area is 146 Å². The SMILES string of the molecule is COc1cc(NC(=O)C(C)N2CCN(C)CC2)cc(-n2cnnn2)c1. The van der Waals surface area contributed by atoms with Crippen molar-refractivity contribution in [1.29, 1.82) is 0 Å². The number of carbonyl (C=O) groups is 1. The normalized spacial score (nSPS) is 17.2. The van der Waals surface area contributed by atoms with Crippen molar-refractivity contribution in [2.45, 2.75) is 13.0 Å². The van der Waals surface area contributed by atoms with Crippen LogP contribution in [0.15, 0.2) is 24.5 Å². The highest BCUT2D eigenvalue weighted by atomic mass is 16.5. The first-order chi connectivity index (χ1) is 12.1. The van der Waals surface area contributed by atoms with Crippen molar-refractivity contribution in [2.24, 2.45) is 0 Å². The van der Waals surface area contributed by atoms with Crippen LogP contribution in [0, 0.1) is 0 Å². The van der Waals surface area contributed by atoms with E-state index in [9.17, 15) is 4.79 Å². The van der Waals surface area contributed by atoms with Crippen LogP contribution < -0.4 is 10.1 Å². The lowest BCUT2D eigenvalue weighted by molar-refractivity contribution is -0.121. The summed E-state index contributed by atoms with van der Waals surface area (Å²) in [4.78, 5) is 17.1. The molecular weight excluding hydrogens is 322 g/mol. The smallest absolute Gasteiger partial charge is 0.241 e. The maximum Gasteiger partial charge on any atom is 0.241 e. The van der Waals surface area contributed by atoms with Crippen LogP contribution in [-0.2, 0) is 4.79 Å². The summed E-state index contributed by atoms with van der Waals surface area (Å²) in [7, 11) is 3.68. The fourth-order valence-corrected chi connectivity index (χ4v) is 2.81. The van der Waals surface area contributed by atoms with E-state index in [1.54, 1.807) is 19.2 Å². The van der Waals surface area contributed by atoms with E-state index in [1.165, 1.54) is 11.0 Å². The van der Waals surface area contributed by atoms with Gasteiger partial charge in [-0.05, 0) is 30.5 Å². The van der Waals surface area contributed by atoms with Gasteiger partial charge in [0.05, 0.1) is 18.8 Å². The average Bonchev–Trinajstić information content (AvgIpc) is 3.16. The molecule has 3 rings (SSSR count). The summed E-state index contributed by atoms with van der Waals surface area (Å²) in [5.74, 6) is 0.580. The molecule has 1 amide bonds. The number of aromatic nitrogens is 4. The third-order valence-corrected chi connectivity index (χ3v) is 4.47. The van der Waals surface area contributed by atoms with Gasteiger partial charge in [-0.15, -0.1) is 5.10 Å². The molecular formula is C16H23N7O2. The van der Waals surface area contributed by atoms with E-state index in [2.05, 4.69) is 37.7 Å². The summed E-state index contributed by atoms with van der Waals surface area (Å²) in [6.07, 6.45) is 1.49. The van der Waals surface area contributed by atoms with Gasteiger partial charge in [-0.2, -0.15) is 0 Å².